The van der Waals surface area contributed by atoms with E-state index >= 15 is 0 Å². The summed E-state index contributed by atoms with van der Waals surface area (Å²) in [6.45, 7) is 3.20. The highest BCUT2D eigenvalue weighted by molar-refractivity contribution is 6.30. The van der Waals surface area contributed by atoms with E-state index < -0.39 is 6.10 Å². The molecule has 1 N–H and O–H groups in total. The van der Waals surface area contributed by atoms with Crippen LogP contribution in [-0.4, -0.2) is 16.9 Å². The van der Waals surface area contributed by atoms with E-state index in [2.05, 4.69) is 0 Å². The van der Waals surface area contributed by atoms with Crippen molar-refractivity contribution in [3.8, 4) is 0 Å². The lowest BCUT2D eigenvalue weighted by molar-refractivity contribution is -0.120. The molecule has 2 amide bonds. The summed E-state index contributed by atoms with van der Waals surface area (Å²) in [4.78, 5) is 24.7. The van der Waals surface area contributed by atoms with Crippen molar-refractivity contribution in [1.29, 1.82) is 0 Å². The van der Waals surface area contributed by atoms with Gasteiger partial charge in [0.1, 0.15) is 0 Å². The molecule has 0 radical (unpaired) electrons. The molecule has 1 aromatic carbocycles. The minimum Gasteiger partial charge on any atom is -0.389 e. The molecule has 1 aliphatic rings. The number of imide groups is 1. The van der Waals surface area contributed by atoms with Crippen molar-refractivity contribution in [1.82, 2.24) is 0 Å². The Kier molecular flexibility index (Phi) is 2.81. The lowest BCUT2D eigenvalue weighted by Crippen LogP contribution is -2.31. The fraction of sp³-hybridized carbons (Fsp3) is 0.231. The van der Waals surface area contributed by atoms with Gasteiger partial charge < -0.3 is 5.11 Å². The van der Waals surface area contributed by atoms with Crippen LogP contribution in [0.3, 0.4) is 0 Å². The molecule has 2 rings (SSSR count). The van der Waals surface area contributed by atoms with Crippen LogP contribution in [0, 0.1) is 0 Å². The lowest BCUT2D eigenvalue weighted by atomic mass is 10.1. The summed E-state index contributed by atoms with van der Waals surface area (Å²) in [5.74, 6) is -0.691. The molecule has 0 aliphatic carbocycles. The number of aliphatic hydroxyl groups excluding tert-OH is 1. The van der Waals surface area contributed by atoms with Gasteiger partial charge in [-0.15, -0.1) is 0 Å². The summed E-state index contributed by atoms with van der Waals surface area (Å²) in [6, 6.07) is 6.85. The molecule has 0 saturated heterocycles. The van der Waals surface area contributed by atoms with Crippen LogP contribution in [-0.2, 0) is 9.59 Å². The molecule has 0 fully saturated rings. The topological polar surface area (TPSA) is 57.6 Å². The van der Waals surface area contributed by atoms with Crippen molar-refractivity contribution in [3.05, 3.63) is 41.5 Å². The Hall–Kier alpha value is -1.94. The fourth-order valence-corrected chi connectivity index (χ4v) is 1.86. The zero-order valence-electron chi connectivity index (χ0n) is 9.68. The van der Waals surface area contributed by atoms with E-state index in [-0.39, 0.29) is 11.8 Å². The Morgan fingerprint density at radius 1 is 1.24 bits per heavy atom. The minimum atomic E-state index is -0.729. The summed E-state index contributed by atoms with van der Waals surface area (Å²) in [7, 11) is 0. The van der Waals surface area contributed by atoms with Crippen LogP contribution in [0.15, 0.2) is 35.9 Å². The number of carbonyl (C=O) groups excluding carboxylic acids is 2. The standard InChI is InChI=1S/C13H13NO3/c1-8-7-12(16)14(13(8)17)11-6-4-3-5-10(11)9(2)15/h3-7,9,15H,1-2H3. The van der Waals surface area contributed by atoms with E-state index in [0.29, 0.717) is 16.8 Å². The van der Waals surface area contributed by atoms with E-state index in [1.54, 1.807) is 38.1 Å². The van der Waals surface area contributed by atoms with E-state index in [1.165, 1.54) is 6.08 Å². The van der Waals surface area contributed by atoms with E-state index in [9.17, 15) is 14.7 Å². The molecule has 0 saturated carbocycles. The van der Waals surface area contributed by atoms with Gasteiger partial charge >= 0.3 is 0 Å². The number of carbonyl (C=O) groups is 2. The maximum atomic E-state index is 11.8. The third-order valence-corrected chi connectivity index (χ3v) is 2.73. The zero-order chi connectivity index (χ0) is 12.6. The number of rotatable bonds is 2. The molecule has 0 bridgehead atoms. The molecule has 0 spiro atoms. The average Bonchev–Trinajstić information content (AvgIpc) is 2.53. The summed E-state index contributed by atoms with van der Waals surface area (Å²) >= 11 is 0. The predicted octanol–water partition coefficient (Wildman–Crippen LogP) is 1.56. The highest BCUT2D eigenvalue weighted by Crippen LogP contribution is 2.29. The summed E-state index contributed by atoms with van der Waals surface area (Å²) in [5.41, 5.74) is 1.43. The smallest absolute Gasteiger partial charge is 0.261 e. The van der Waals surface area contributed by atoms with Crippen molar-refractivity contribution in [2.75, 3.05) is 4.90 Å². The van der Waals surface area contributed by atoms with Gasteiger partial charge in [-0.2, -0.15) is 0 Å². The highest BCUT2D eigenvalue weighted by Gasteiger charge is 2.31. The van der Waals surface area contributed by atoms with Crippen molar-refractivity contribution in [2.24, 2.45) is 0 Å². The molecular weight excluding hydrogens is 218 g/mol. The first kappa shape index (κ1) is 11.5. The number of hydrogen-bond acceptors (Lipinski definition) is 3. The van der Waals surface area contributed by atoms with Gasteiger partial charge in [0.15, 0.2) is 0 Å². The van der Waals surface area contributed by atoms with Gasteiger partial charge in [-0.3, -0.25) is 9.59 Å². The van der Waals surface area contributed by atoms with Crippen molar-refractivity contribution >= 4 is 17.5 Å². The van der Waals surface area contributed by atoms with Gasteiger partial charge in [0.05, 0.1) is 11.8 Å². The SMILES string of the molecule is CC1=CC(=O)N(c2ccccc2C(C)O)C1=O. The second kappa shape index (κ2) is 4.14. The van der Waals surface area contributed by atoms with Gasteiger partial charge in [-0.05, 0) is 19.9 Å². The monoisotopic (exact) mass is 231 g/mol. The molecule has 4 heteroatoms. The predicted molar refractivity (Wildman–Crippen MR) is 63.3 cm³/mol. The van der Waals surface area contributed by atoms with E-state index in [0.717, 1.165) is 4.90 Å². The number of nitrogens with zero attached hydrogens (tertiary/aromatic N) is 1. The minimum absolute atomic E-state index is 0.330. The molecule has 1 unspecified atom stereocenters. The molecule has 0 aromatic heterocycles. The van der Waals surface area contributed by atoms with Crippen LogP contribution < -0.4 is 4.90 Å². The molecule has 4 nitrogen and oxygen atoms in total. The second-order valence-corrected chi connectivity index (χ2v) is 4.04. The van der Waals surface area contributed by atoms with Gasteiger partial charge in [0, 0.05) is 17.2 Å². The van der Waals surface area contributed by atoms with Gasteiger partial charge in [0.2, 0.25) is 0 Å². The number of hydrogen-bond donors (Lipinski definition) is 1. The number of para-hydroxylation sites is 1. The Bertz CT molecular complexity index is 517. The van der Waals surface area contributed by atoms with Gasteiger partial charge in [0.25, 0.3) is 11.8 Å². The molecular formula is C13H13NO3. The molecule has 17 heavy (non-hydrogen) atoms. The Balaban J connectivity index is 2.49. The normalized spacial score (nSPS) is 17.4. The third-order valence-electron chi connectivity index (χ3n) is 2.73. The average molecular weight is 231 g/mol. The van der Waals surface area contributed by atoms with Crippen LogP contribution in [0.2, 0.25) is 0 Å². The number of anilines is 1. The Labute approximate surface area is 99.2 Å². The maximum absolute atomic E-state index is 11.8. The van der Waals surface area contributed by atoms with E-state index in [1.807, 2.05) is 0 Å². The number of aliphatic hydroxyl groups is 1. The molecule has 1 aromatic rings. The van der Waals surface area contributed by atoms with Crippen LogP contribution in [0.5, 0.6) is 0 Å². The number of amides is 2. The zero-order valence-corrected chi connectivity index (χ0v) is 9.68. The van der Waals surface area contributed by atoms with E-state index in [4.69, 9.17) is 0 Å². The highest BCUT2D eigenvalue weighted by atomic mass is 16.3. The molecule has 1 atom stereocenters. The van der Waals surface area contributed by atoms with Crippen LogP contribution in [0.4, 0.5) is 5.69 Å². The summed E-state index contributed by atoms with van der Waals surface area (Å²) in [6.07, 6.45) is 0.578. The van der Waals surface area contributed by atoms with Gasteiger partial charge in [-0.25, -0.2) is 4.90 Å². The van der Waals surface area contributed by atoms with Crippen LogP contribution in [0.25, 0.3) is 0 Å². The van der Waals surface area contributed by atoms with Crippen molar-refractivity contribution < 1.29 is 14.7 Å². The largest absolute Gasteiger partial charge is 0.389 e. The quantitative estimate of drug-likeness (QED) is 0.786. The summed E-state index contributed by atoms with van der Waals surface area (Å²) < 4.78 is 0. The molecule has 1 heterocycles. The Morgan fingerprint density at radius 2 is 1.88 bits per heavy atom. The van der Waals surface area contributed by atoms with Gasteiger partial charge in [-0.1, -0.05) is 18.2 Å². The summed E-state index contributed by atoms with van der Waals surface area (Å²) in [5, 5.41) is 9.64. The first-order valence-electron chi connectivity index (χ1n) is 5.36. The fourth-order valence-electron chi connectivity index (χ4n) is 1.86. The Morgan fingerprint density at radius 3 is 2.41 bits per heavy atom. The first-order chi connectivity index (χ1) is 8.02. The van der Waals surface area contributed by atoms with Crippen LogP contribution >= 0.6 is 0 Å². The van der Waals surface area contributed by atoms with Crippen molar-refractivity contribution in [2.45, 2.75) is 20.0 Å². The lowest BCUT2D eigenvalue weighted by Gasteiger charge is -2.19. The number of benzene rings is 1. The maximum Gasteiger partial charge on any atom is 0.261 e. The van der Waals surface area contributed by atoms with Crippen LogP contribution in [0.1, 0.15) is 25.5 Å². The second-order valence-electron chi connectivity index (χ2n) is 4.04. The molecule has 88 valence electrons. The molecule has 1 aliphatic heterocycles. The first-order valence-corrected chi connectivity index (χ1v) is 5.36. The third kappa shape index (κ3) is 1.87. The van der Waals surface area contributed by atoms with Crippen molar-refractivity contribution in [3.63, 3.8) is 0 Å².